The van der Waals surface area contributed by atoms with Crippen molar-refractivity contribution in [1.29, 1.82) is 5.26 Å². The molecule has 0 heterocycles. The van der Waals surface area contributed by atoms with Gasteiger partial charge in [0.05, 0.1) is 12.1 Å². The Labute approximate surface area is 190 Å². The number of carbonyl (C=O) groups excluding carboxylic acids is 1. The Balaban J connectivity index is 1.70. The number of hydrogen-bond donors (Lipinski definition) is 1. The lowest BCUT2D eigenvalue weighted by molar-refractivity contribution is -0.112. The number of rotatable bonds is 7. The SMILES string of the molecule is COc1c(Cl)cc(Cl)cc1/C=C(\C#N)C(=O)Nc1ccc(OCc2ccccc2)cc1. The predicted octanol–water partition coefficient (Wildman–Crippen LogP) is 6.13. The first-order chi connectivity index (χ1) is 15.0. The van der Waals surface area contributed by atoms with Crippen molar-refractivity contribution in [2.45, 2.75) is 6.61 Å². The predicted molar refractivity (Wildman–Crippen MR) is 122 cm³/mol. The van der Waals surface area contributed by atoms with Gasteiger partial charge in [-0.3, -0.25) is 4.79 Å². The number of ether oxygens (including phenoxy) is 2. The van der Waals surface area contributed by atoms with E-state index in [1.165, 1.54) is 19.3 Å². The van der Waals surface area contributed by atoms with Crippen LogP contribution >= 0.6 is 23.2 Å². The summed E-state index contributed by atoms with van der Waals surface area (Å²) in [4.78, 5) is 12.6. The van der Waals surface area contributed by atoms with Crippen molar-refractivity contribution in [3.05, 3.63) is 93.5 Å². The fraction of sp³-hybridized carbons (Fsp3) is 0.0833. The van der Waals surface area contributed by atoms with E-state index < -0.39 is 5.91 Å². The molecule has 3 aromatic rings. The number of hydrogen-bond acceptors (Lipinski definition) is 4. The number of anilines is 1. The Morgan fingerprint density at radius 3 is 2.45 bits per heavy atom. The second-order valence-electron chi connectivity index (χ2n) is 6.43. The minimum absolute atomic E-state index is 0.124. The van der Waals surface area contributed by atoms with Crippen molar-refractivity contribution in [2.24, 2.45) is 0 Å². The molecule has 0 spiro atoms. The quantitative estimate of drug-likeness (QED) is 0.345. The van der Waals surface area contributed by atoms with Crippen LogP contribution in [0.3, 0.4) is 0 Å². The van der Waals surface area contributed by atoms with Crippen LogP contribution in [0.4, 0.5) is 5.69 Å². The van der Waals surface area contributed by atoms with Crippen LogP contribution in [0, 0.1) is 11.3 Å². The molecule has 7 heteroatoms. The van der Waals surface area contributed by atoms with E-state index in [4.69, 9.17) is 32.7 Å². The van der Waals surface area contributed by atoms with Crippen LogP contribution in [-0.2, 0) is 11.4 Å². The largest absolute Gasteiger partial charge is 0.495 e. The molecule has 1 N–H and O–H groups in total. The van der Waals surface area contributed by atoms with Gasteiger partial charge >= 0.3 is 0 Å². The smallest absolute Gasteiger partial charge is 0.266 e. The molecule has 5 nitrogen and oxygen atoms in total. The van der Waals surface area contributed by atoms with E-state index >= 15 is 0 Å². The molecule has 31 heavy (non-hydrogen) atoms. The molecule has 0 aromatic heterocycles. The minimum Gasteiger partial charge on any atom is -0.495 e. The number of amides is 1. The molecule has 0 aliphatic carbocycles. The highest BCUT2D eigenvalue weighted by molar-refractivity contribution is 6.36. The van der Waals surface area contributed by atoms with Crippen molar-refractivity contribution < 1.29 is 14.3 Å². The topological polar surface area (TPSA) is 71.3 Å². The maximum Gasteiger partial charge on any atom is 0.266 e. The number of nitriles is 1. The summed E-state index contributed by atoms with van der Waals surface area (Å²) in [5.41, 5.74) is 1.88. The van der Waals surface area contributed by atoms with Crippen molar-refractivity contribution in [3.8, 4) is 17.6 Å². The summed E-state index contributed by atoms with van der Waals surface area (Å²) in [6, 6.07) is 21.7. The highest BCUT2D eigenvalue weighted by Gasteiger charge is 2.14. The molecule has 1 amide bonds. The zero-order chi connectivity index (χ0) is 22.2. The summed E-state index contributed by atoms with van der Waals surface area (Å²) >= 11 is 12.1. The Bertz CT molecular complexity index is 1140. The molecule has 0 radical (unpaired) electrons. The Morgan fingerprint density at radius 2 is 1.81 bits per heavy atom. The molecule has 0 aliphatic rings. The van der Waals surface area contributed by atoms with Crippen molar-refractivity contribution in [1.82, 2.24) is 0 Å². The van der Waals surface area contributed by atoms with Gasteiger partial charge in [-0.15, -0.1) is 0 Å². The van der Waals surface area contributed by atoms with Crippen molar-refractivity contribution >= 4 is 40.9 Å². The average Bonchev–Trinajstić information content (AvgIpc) is 2.77. The summed E-state index contributed by atoms with van der Waals surface area (Å²) in [5, 5.41) is 12.8. The summed E-state index contributed by atoms with van der Waals surface area (Å²) in [6.45, 7) is 0.442. The molecular weight excluding hydrogens is 435 g/mol. The third-order valence-electron chi connectivity index (χ3n) is 4.27. The summed E-state index contributed by atoms with van der Waals surface area (Å²) in [7, 11) is 1.44. The lowest BCUT2D eigenvalue weighted by atomic mass is 10.1. The first-order valence-electron chi connectivity index (χ1n) is 9.23. The molecule has 3 aromatic carbocycles. The fourth-order valence-corrected chi connectivity index (χ4v) is 3.37. The fourth-order valence-electron chi connectivity index (χ4n) is 2.78. The van der Waals surface area contributed by atoms with Gasteiger partial charge in [-0.1, -0.05) is 53.5 Å². The third kappa shape index (κ3) is 6.02. The number of halogens is 2. The van der Waals surface area contributed by atoms with Gasteiger partial charge in [-0.2, -0.15) is 5.26 Å². The summed E-state index contributed by atoms with van der Waals surface area (Å²) in [5.74, 6) is 0.418. The monoisotopic (exact) mass is 452 g/mol. The molecule has 156 valence electrons. The molecule has 0 unspecified atom stereocenters. The molecule has 0 saturated heterocycles. The summed E-state index contributed by atoms with van der Waals surface area (Å²) < 4.78 is 11.0. The van der Waals surface area contributed by atoms with Gasteiger partial charge in [0.2, 0.25) is 0 Å². The number of nitrogens with zero attached hydrogens (tertiary/aromatic N) is 1. The Hall–Kier alpha value is -3.46. The number of nitrogens with one attached hydrogen (secondary N) is 1. The number of benzene rings is 3. The number of carbonyl (C=O) groups is 1. The second kappa shape index (κ2) is 10.5. The van der Waals surface area contributed by atoms with Crippen molar-refractivity contribution in [3.63, 3.8) is 0 Å². The van der Waals surface area contributed by atoms with Gasteiger partial charge in [0.1, 0.15) is 29.7 Å². The lowest BCUT2D eigenvalue weighted by Gasteiger charge is -2.10. The van der Waals surface area contributed by atoms with Crippen LogP contribution in [0.15, 0.2) is 72.3 Å². The van der Waals surface area contributed by atoms with E-state index in [1.54, 1.807) is 30.3 Å². The molecular formula is C24H18Cl2N2O3. The minimum atomic E-state index is -0.571. The van der Waals surface area contributed by atoms with E-state index in [-0.39, 0.29) is 10.6 Å². The molecule has 0 atom stereocenters. The van der Waals surface area contributed by atoms with Gasteiger partial charge in [0, 0.05) is 16.3 Å². The van der Waals surface area contributed by atoms with Crippen molar-refractivity contribution in [2.75, 3.05) is 12.4 Å². The van der Waals surface area contributed by atoms with Gasteiger partial charge < -0.3 is 14.8 Å². The van der Waals surface area contributed by atoms with Crippen LogP contribution in [-0.4, -0.2) is 13.0 Å². The Kier molecular flexibility index (Phi) is 7.55. The lowest BCUT2D eigenvalue weighted by Crippen LogP contribution is -2.13. The maximum absolute atomic E-state index is 12.6. The van der Waals surface area contributed by atoms with Gasteiger partial charge in [0.15, 0.2) is 0 Å². The van der Waals surface area contributed by atoms with E-state index in [0.29, 0.717) is 34.4 Å². The number of methoxy groups -OCH3 is 1. The third-order valence-corrected chi connectivity index (χ3v) is 4.77. The molecule has 0 fully saturated rings. The zero-order valence-electron chi connectivity index (χ0n) is 16.6. The van der Waals surface area contributed by atoms with Gasteiger partial charge in [0.25, 0.3) is 5.91 Å². The van der Waals surface area contributed by atoms with Gasteiger partial charge in [-0.05, 0) is 48.0 Å². The Morgan fingerprint density at radius 1 is 1.10 bits per heavy atom. The van der Waals surface area contributed by atoms with E-state index in [0.717, 1.165) is 5.56 Å². The van der Waals surface area contributed by atoms with E-state index in [1.807, 2.05) is 36.4 Å². The molecule has 0 saturated carbocycles. The average molecular weight is 453 g/mol. The van der Waals surface area contributed by atoms with Crippen LogP contribution in [0.2, 0.25) is 10.0 Å². The standard InChI is InChI=1S/C24H18Cl2N2O3/c1-30-23-17(12-19(25)13-22(23)26)11-18(14-27)24(29)28-20-7-9-21(10-8-20)31-15-16-5-3-2-4-6-16/h2-13H,15H2,1H3,(H,28,29)/b18-11+. The van der Waals surface area contributed by atoms with Crippen LogP contribution in [0.25, 0.3) is 6.08 Å². The molecule has 0 aliphatic heterocycles. The molecule has 3 rings (SSSR count). The molecule has 0 bridgehead atoms. The van der Waals surface area contributed by atoms with Gasteiger partial charge in [-0.25, -0.2) is 0 Å². The highest BCUT2D eigenvalue weighted by atomic mass is 35.5. The first kappa shape index (κ1) is 22.2. The van der Waals surface area contributed by atoms with Crippen LogP contribution in [0.5, 0.6) is 11.5 Å². The second-order valence-corrected chi connectivity index (χ2v) is 7.28. The highest BCUT2D eigenvalue weighted by Crippen LogP contribution is 2.33. The van der Waals surface area contributed by atoms with Crippen LogP contribution in [0.1, 0.15) is 11.1 Å². The van der Waals surface area contributed by atoms with E-state index in [9.17, 15) is 10.1 Å². The van der Waals surface area contributed by atoms with E-state index in [2.05, 4.69) is 5.32 Å². The first-order valence-corrected chi connectivity index (χ1v) is 9.98. The normalized spacial score (nSPS) is 10.8. The summed E-state index contributed by atoms with van der Waals surface area (Å²) in [6.07, 6.45) is 1.38. The van der Waals surface area contributed by atoms with Crippen LogP contribution < -0.4 is 14.8 Å². The zero-order valence-corrected chi connectivity index (χ0v) is 18.1. The maximum atomic E-state index is 12.6.